The fourth-order valence-electron chi connectivity index (χ4n) is 3.57. The molecule has 0 bridgehead atoms. The normalized spacial score (nSPS) is 12.6. The first kappa shape index (κ1) is 14.1. The summed E-state index contributed by atoms with van der Waals surface area (Å²) < 4.78 is 11.7. The second-order valence-electron chi connectivity index (χ2n) is 6.25. The molecule has 2 heterocycles. The zero-order valence-corrected chi connectivity index (χ0v) is 13.9. The summed E-state index contributed by atoms with van der Waals surface area (Å²) in [6, 6.07) is 20.8. The van der Waals surface area contributed by atoms with Crippen molar-refractivity contribution in [2.24, 2.45) is 0 Å². The molecule has 0 fully saturated rings. The summed E-state index contributed by atoms with van der Waals surface area (Å²) in [4.78, 5) is 0. The molecule has 3 aromatic carbocycles. The molecule has 0 atom stereocenters. The van der Waals surface area contributed by atoms with E-state index in [1.54, 1.807) is 0 Å². The Bertz CT molecular complexity index is 1370. The predicted octanol–water partition coefficient (Wildman–Crippen LogP) is 5.21. The third-order valence-electron chi connectivity index (χ3n) is 4.80. The average Bonchev–Trinajstić information content (AvgIpc) is 3.16. The molecule has 0 aliphatic carbocycles. The van der Waals surface area contributed by atoms with Crippen LogP contribution in [0.15, 0.2) is 69.5 Å². The molecule has 2 nitrogen and oxygen atoms in total. The molecule has 0 unspecified atom stereocenters. The SMILES string of the molecule is C=c1oc2ccc(-c3ccc4oc5ccccc5c4c3)cc2/c1=C/C. The summed E-state index contributed by atoms with van der Waals surface area (Å²) in [5, 5.41) is 4.45. The van der Waals surface area contributed by atoms with Crippen molar-refractivity contribution in [2.45, 2.75) is 6.92 Å². The van der Waals surface area contributed by atoms with Gasteiger partial charge in [0, 0.05) is 21.4 Å². The van der Waals surface area contributed by atoms with E-state index in [1.807, 2.05) is 43.3 Å². The van der Waals surface area contributed by atoms with Crippen LogP contribution < -0.4 is 10.6 Å². The first-order valence-electron chi connectivity index (χ1n) is 8.34. The smallest absolute Gasteiger partial charge is 0.135 e. The highest BCUT2D eigenvalue weighted by atomic mass is 16.3. The second kappa shape index (κ2) is 5.12. The van der Waals surface area contributed by atoms with Crippen LogP contribution in [0.2, 0.25) is 0 Å². The minimum absolute atomic E-state index is 0.714. The maximum absolute atomic E-state index is 5.93. The molecule has 0 aliphatic rings. The van der Waals surface area contributed by atoms with Crippen molar-refractivity contribution < 1.29 is 8.83 Å². The maximum atomic E-state index is 5.93. The lowest BCUT2D eigenvalue weighted by molar-refractivity contribution is 0.577. The molecule has 5 aromatic rings. The Morgan fingerprint density at radius 2 is 1.36 bits per heavy atom. The summed E-state index contributed by atoms with van der Waals surface area (Å²) in [5.41, 5.74) is 5.74. The number of rotatable bonds is 1. The van der Waals surface area contributed by atoms with Gasteiger partial charge in [-0.25, -0.2) is 0 Å². The van der Waals surface area contributed by atoms with E-state index in [2.05, 4.69) is 36.9 Å². The topological polar surface area (TPSA) is 26.3 Å². The van der Waals surface area contributed by atoms with Gasteiger partial charge in [0.05, 0.1) is 0 Å². The Labute approximate surface area is 144 Å². The Hall–Kier alpha value is -3.26. The van der Waals surface area contributed by atoms with Crippen molar-refractivity contribution in [1.82, 2.24) is 0 Å². The Morgan fingerprint density at radius 3 is 2.12 bits per heavy atom. The predicted molar refractivity (Wildman–Crippen MR) is 104 cm³/mol. The molecule has 2 aromatic heterocycles. The lowest BCUT2D eigenvalue weighted by Crippen LogP contribution is -2.17. The number of para-hydroxylation sites is 1. The standard InChI is InChI=1S/C23H16O2/c1-3-17-14(2)24-22-10-8-15(12-19(17)22)16-9-11-23-20(13-16)18-6-4-5-7-21(18)25-23/h3-13H,2H2,1H3/b17-3+. The van der Waals surface area contributed by atoms with Gasteiger partial charge in [0.15, 0.2) is 0 Å². The maximum Gasteiger partial charge on any atom is 0.135 e. The Balaban J connectivity index is 1.79. The number of fused-ring (bicyclic) bond motifs is 4. The lowest BCUT2D eigenvalue weighted by Gasteiger charge is -2.02. The molecule has 0 spiro atoms. The largest absolute Gasteiger partial charge is 0.457 e. The van der Waals surface area contributed by atoms with E-state index in [0.717, 1.165) is 49.3 Å². The van der Waals surface area contributed by atoms with Crippen LogP contribution in [0.3, 0.4) is 0 Å². The molecule has 0 saturated heterocycles. The van der Waals surface area contributed by atoms with Gasteiger partial charge in [0.25, 0.3) is 0 Å². The fourth-order valence-corrected chi connectivity index (χ4v) is 3.57. The number of hydrogen-bond donors (Lipinski definition) is 0. The average molecular weight is 324 g/mol. The Kier molecular flexibility index (Phi) is 2.89. The van der Waals surface area contributed by atoms with Gasteiger partial charge in [-0.05, 0) is 48.4 Å². The summed E-state index contributed by atoms with van der Waals surface area (Å²) in [7, 11) is 0. The van der Waals surface area contributed by atoms with Crippen molar-refractivity contribution >= 4 is 45.6 Å². The summed E-state index contributed by atoms with van der Waals surface area (Å²) >= 11 is 0. The van der Waals surface area contributed by atoms with Crippen molar-refractivity contribution in [1.29, 1.82) is 0 Å². The molecule has 0 N–H and O–H groups in total. The van der Waals surface area contributed by atoms with E-state index >= 15 is 0 Å². The third kappa shape index (κ3) is 2.04. The van der Waals surface area contributed by atoms with E-state index in [9.17, 15) is 0 Å². The van der Waals surface area contributed by atoms with Gasteiger partial charge < -0.3 is 8.83 Å². The zero-order valence-electron chi connectivity index (χ0n) is 13.9. The van der Waals surface area contributed by atoms with Crippen molar-refractivity contribution in [3.8, 4) is 11.1 Å². The van der Waals surface area contributed by atoms with Crippen LogP contribution in [0, 0.1) is 0 Å². The molecular weight excluding hydrogens is 308 g/mol. The molecule has 0 amide bonds. The molecule has 0 radical (unpaired) electrons. The molecule has 2 heteroatoms. The van der Waals surface area contributed by atoms with Gasteiger partial charge in [0.1, 0.15) is 22.2 Å². The van der Waals surface area contributed by atoms with E-state index < -0.39 is 0 Å². The monoisotopic (exact) mass is 324 g/mol. The summed E-state index contributed by atoms with van der Waals surface area (Å²) in [5.74, 6) is 0. The third-order valence-corrected chi connectivity index (χ3v) is 4.80. The van der Waals surface area contributed by atoms with Gasteiger partial charge in [-0.3, -0.25) is 0 Å². The van der Waals surface area contributed by atoms with Gasteiger partial charge in [0.2, 0.25) is 0 Å². The van der Waals surface area contributed by atoms with Crippen molar-refractivity contribution in [3.05, 3.63) is 71.3 Å². The van der Waals surface area contributed by atoms with Crippen LogP contribution in [0.25, 0.3) is 56.7 Å². The molecule has 0 aliphatic heterocycles. The summed E-state index contributed by atoms with van der Waals surface area (Å²) in [6.07, 6.45) is 2.05. The number of hydrogen-bond acceptors (Lipinski definition) is 2. The molecule has 120 valence electrons. The minimum Gasteiger partial charge on any atom is -0.457 e. The van der Waals surface area contributed by atoms with E-state index in [0.29, 0.717) is 5.42 Å². The van der Waals surface area contributed by atoms with E-state index in [-0.39, 0.29) is 0 Å². The van der Waals surface area contributed by atoms with Crippen LogP contribution in [-0.4, -0.2) is 0 Å². The fraction of sp³-hybridized carbons (Fsp3) is 0.0435. The molecule has 5 rings (SSSR count). The first-order valence-corrected chi connectivity index (χ1v) is 8.34. The van der Waals surface area contributed by atoms with E-state index in [4.69, 9.17) is 8.83 Å². The van der Waals surface area contributed by atoms with Gasteiger partial charge in [-0.1, -0.05) is 43.0 Å². The summed E-state index contributed by atoms with van der Waals surface area (Å²) in [6.45, 7) is 6.00. The van der Waals surface area contributed by atoms with Gasteiger partial charge in [-0.15, -0.1) is 0 Å². The highest BCUT2D eigenvalue weighted by Gasteiger charge is 2.09. The van der Waals surface area contributed by atoms with Crippen LogP contribution in [0.4, 0.5) is 0 Å². The molecular formula is C23H16O2. The highest BCUT2D eigenvalue weighted by molar-refractivity contribution is 6.06. The van der Waals surface area contributed by atoms with Crippen LogP contribution in [-0.2, 0) is 0 Å². The van der Waals surface area contributed by atoms with Crippen molar-refractivity contribution in [2.75, 3.05) is 0 Å². The van der Waals surface area contributed by atoms with E-state index in [1.165, 1.54) is 0 Å². The minimum atomic E-state index is 0.714. The van der Waals surface area contributed by atoms with Crippen LogP contribution in [0.5, 0.6) is 0 Å². The quantitative estimate of drug-likeness (QED) is 0.423. The highest BCUT2D eigenvalue weighted by Crippen LogP contribution is 2.32. The molecule has 25 heavy (non-hydrogen) atoms. The zero-order chi connectivity index (χ0) is 17.0. The van der Waals surface area contributed by atoms with Gasteiger partial charge in [-0.2, -0.15) is 0 Å². The lowest BCUT2D eigenvalue weighted by atomic mass is 10.0. The van der Waals surface area contributed by atoms with Crippen LogP contribution in [0.1, 0.15) is 6.92 Å². The first-order chi connectivity index (χ1) is 12.2. The van der Waals surface area contributed by atoms with Crippen molar-refractivity contribution in [3.63, 3.8) is 0 Å². The molecule has 0 saturated carbocycles. The van der Waals surface area contributed by atoms with Crippen LogP contribution >= 0.6 is 0 Å². The number of furan rings is 2. The Morgan fingerprint density at radius 1 is 0.720 bits per heavy atom. The second-order valence-corrected chi connectivity index (χ2v) is 6.25. The number of benzene rings is 3. The van der Waals surface area contributed by atoms with Gasteiger partial charge >= 0.3 is 0 Å².